The largest absolute Gasteiger partial charge is 0.433 e. The van der Waals surface area contributed by atoms with Crippen LogP contribution in [0.5, 0.6) is 0 Å². The zero-order chi connectivity index (χ0) is 21.1. The van der Waals surface area contributed by atoms with Gasteiger partial charge < -0.3 is 4.90 Å². The third-order valence-corrected chi connectivity index (χ3v) is 5.41. The molecule has 0 unspecified atom stereocenters. The number of carbonyl (C=O) groups is 1. The molecule has 29 heavy (non-hydrogen) atoms. The van der Waals surface area contributed by atoms with E-state index in [9.17, 15) is 18.0 Å². The quantitative estimate of drug-likeness (QED) is 0.667. The molecule has 10 heteroatoms. The van der Waals surface area contributed by atoms with E-state index in [1.807, 2.05) is 20.9 Å². The van der Waals surface area contributed by atoms with Gasteiger partial charge in [-0.05, 0) is 32.8 Å². The Bertz CT molecular complexity index is 1110. The number of alkyl halides is 3. The molecule has 0 radical (unpaired) electrons. The predicted molar refractivity (Wildman–Crippen MR) is 98.4 cm³/mol. The number of hydrogen-bond donors (Lipinski definition) is 0. The molecule has 0 bridgehead atoms. The van der Waals surface area contributed by atoms with Gasteiger partial charge in [-0.25, -0.2) is 9.50 Å². The van der Waals surface area contributed by atoms with Gasteiger partial charge in [0.15, 0.2) is 5.65 Å². The lowest BCUT2D eigenvalue weighted by Crippen LogP contribution is -2.27. The van der Waals surface area contributed by atoms with Gasteiger partial charge in [0.05, 0.1) is 11.9 Å². The van der Waals surface area contributed by atoms with Crippen LogP contribution in [-0.4, -0.2) is 42.2 Å². The van der Waals surface area contributed by atoms with Gasteiger partial charge in [-0.1, -0.05) is 0 Å². The third kappa shape index (κ3) is 3.36. The average Bonchev–Trinajstić information content (AvgIpc) is 3.37. The highest BCUT2D eigenvalue weighted by Gasteiger charge is 2.38. The van der Waals surface area contributed by atoms with E-state index in [0.29, 0.717) is 10.2 Å². The minimum atomic E-state index is -4.59. The number of fused-ring (bicyclic) bond motifs is 1. The van der Waals surface area contributed by atoms with Crippen LogP contribution in [0.15, 0.2) is 12.3 Å². The Balaban J connectivity index is 1.73. The Hall–Kier alpha value is -2.91. The second kappa shape index (κ2) is 6.57. The first-order valence-electron chi connectivity index (χ1n) is 9.28. The highest BCUT2D eigenvalue weighted by atomic mass is 19.4. The lowest BCUT2D eigenvalue weighted by atomic mass is 10.1. The second-order valence-corrected chi connectivity index (χ2v) is 7.57. The zero-order valence-electron chi connectivity index (χ0n) is 16.6. The number of aryl methyl sites for hydroxylation is 2. The molecule has 0 spiro atoms. The second-order valence-electron chi connectivity index (χ2n) is 7.57. The smallest absolute Gasteiger partial charge is 0.337 e. The fourth-order valence-corrected chi connectivity index (χ4v) is 3.48. The summed E-state index contributed by atoms with van der Waals surface area (Å²) in [6.45, 7) is 4.05. The minimum absolute atomic E-state index is 0.0115. The standard InChI is InChI=1S/C19H21F3N6O/c1-10-14(11(2)27(4)25-10)9-26(3)18(29)13-8-23-28-16(19(20,21)22)7-15(12-5-6-12)24-17(13)28/h7-8,12H,5-6,9H2,1-4H3. The monoisotopic (exact) mass is 406 g/mol. The van der Waals surface area contributed by atoms with E-state index < -0.39 is 17.8 Å². The molecule has 0 aliphatic heterocycles. The summed E-state index contributed by atoms with van der Waals surface area (Å²) in [6.07, 6.45) is -1.82. The molecular formula is C19H21F3N6O. The first kappa shape index (κ1) is 19.4. The molecule has 0 saturated heterocycles. The molecule has 3 aromatic heterocycles. The highest BCUT2D eigenvalue weighted by Crippen LogP contribution is 2.41. The molecule has 0 N–H and O–H groups in total. The van der Waals surface area contributed by atoms with Gasteiger partial charge in [0, 0.05) is 43.5 Å². The van der Waals surface area contributed by atoms with E-state index in [4.69, 9.17) is 0 Å². The molecule has 1 fully saturated rings. The summed E-state index contributed by atoms with van der Waals surface area (Å²) in [4.78, 5) is 18.8. The molecule has 154 valence electrons. The topological polar surface area (TPSA) is 68.3 Å². The maximum Gasteiger partial charge on any atom is 0.433 e. The van der Waals surface area contributed by atoms with Crippen LogP contribution in [0.25, 0.3) is 5.65 Å². The summed E-state index contributed by atoms with van der Waals surface area (Å²) >= 11 is 0. The van der Waals surface area contributed by atoms with Gasteiger partial charge in [0.2, 0.25) is 0 Å². The maximum absolute atomic E-state index is 13.5. The van der Waals surface area contributed by atoms with Crippen molar-refractivity contribution >= 4 is 11.6 Å². The number of carbonyl (C=O) groups excluding carboxylic acids is 1. The first-order valence-corrected chi connectivity index (χ1v) is 9.28. The van der Waals surface area contributed by atoms with Crippen molar-refractivity contribution in [3.05, 3.63) is 46.2 Å². The van der Waals surface area contributed by atoms with Gasteiger partial charge in [0.1, 0.15) is 11.3 Å². The zero-order valence-corrected chi connectivity index (χ0v) is 16.6. The SMILES string of the molecule is Cc1nn(C)c(C)c1CN(C)C(=O)c1cnn2c(C(F)(F)F)cc(C3CC3)nc12. The summed E-state index contributed by atoms with van der Waals surface area (Å²) < 4.78 is 43.1. The first-order chi connectivity index (χ1) is 13.6. The molecule has 1 saturated carbocycles. The van der Waals surface area contributed by atoms with Crippen molar-refractivity contribution in [1.82, 2.24) is 29.3 Å². The number of aromatic nitrogens is 5. The van der Waals surface area contributed by atoms with Crippen LogP contribution in [0.1, 0.15) is 57.5 Å². The van der Waals surface area contributed by atoms with Crippen molar-refractivity contribution in [2.24, 2.45) is 7.05 Å². The van der Waals surface area contributed by atoms with Gasteiger partial charge in [-0.2, -0.15) is 23.4 Å². The average molecular weight is 406 g/mol. The van der Waals surface area contributed by atoms with Crippen molar-refractivity contribution in [3.8, 4) is 0 Å². The summed E-state index contributed by atoms with van der Waals surface area (Å²) in [6, 6.07) is 1.04. The molecule has 7 nitrogen and oxygen atoms in total. The third-order valence-electron chi connectivity index (χ3n) is 5.41. The van der Waals surface area contributed by atoms with E-state index in [-0.39, 0.29) is 23.7 Å². The number of nitrogens with zero attached hydrogens (tertiary/aromatic N) is 6. The number of rotatable bonds is 4. The highest BCUT2D eigenvalue weighted by molar-refractivity contribution is 5.99. The normalized spacial score (nSPS) is 14.6. The van der Waals surface area contributed by atoms with Crippen molar-refractivity contribution in [2.75, 3.05) is 7.05 Å². The van der Waals surface area contributed by atoms with E-state index in [2.05, 4.69) is 15.2 Å². The fraction of sp³-hybridized carbons (Fsp3) is 0.474. The van der Waals surface area contributed by atoms with Crippen LogP contribution < -0.4 is 0 Å². The van der Waals surface area contributed by atoms with Crippen molar-refractivity contribution in [1.29, 1.82) is 0 Å². The Morgan fingerprint density at radius 3 is 2.55 bits per heavy atom. The molecule has 0 aromatic carbocycles. The number of hydrogen-bond acceptors (Lipinski definition) is 4. The molecule has 0 atom stereocenters. The molecule has 3 aromatic rings. The van der Waals surface area contributed by atoms with Crippen molar-refractivity contribution < 1.29 is 18.0 Å². The fourth-order valence-electron chi connectivity index (χ4n) is 3.48. The minimum Gasteiger partial charge on any atom is -0.337 e. The molecule has 4 rings (SSSR count). The van der Waals surface area contributed by atoms with E-state index in [1.165, 1.54) is 4.90 Å². The molecule has 1 amide bonds. The van der Waals surface area contributed by atoms with Crippen LogP contribution in [0.3, 0.4) is 0 Å². The van der Waals surface area contributed by atoms with Gasteiger partial charge in [-0.3, -0.25) is 9.48 Å². The molecule has 1 aliphatic rings. The number of halogens is 3. The van der Waals surface area contributed by atoms with Crippen LogP contribution in [0.2, 0.25) is 0 Å². The summed E-state index contributed by atoms with van der Waals surface area (Å²) in [7, 11) is 3.42. The van der Waals surface area contributed by atoms with E-state index in [1.54, 1.807) is 11.7 Å². The van der Waals surface area contributed by atoms with E-state index >= 15 is 0 Å². The molecule has 1 aliphatic carbocycles. The lowest BCUT2D eigenvalue weighted by molar-refractivity contribution is -0.142. The van der Waals surface area contributed by atoms with Crippen molar-refractivity contribution in [2.45, 2.75) is 45.3 Å². The summed E-state index contributed by atoms with van der Waals surface area (Å²) in [5, 5.41) is 8.16. The Morgan fingerprint density at radius 2 is 2.00 bits per heavy atom. The van der Waals surface area contributed by atoms with Crippen LogP contribution in [-0.2, 0) is 19.8 Å². The van der Waals surface area contributed by atoms with Gasteiger partial charge >= 0.3 is 6.18 Å². The molecule has 3 heterocycles. The number of amides is 1. The summed E-state index contributed by atoms with van der Waals surface area (Å²) in [5.41, 5.74) is 2.08. The van der Waals surface area contributed by atoms with Crippen molar-refractivity contribution in [3.63, 3.8) is 0 Å². The Kier molecular flexibility index (Phi) is 4.39. The Morgan fingerprint density at radius 1 is 1.31 bits per heavy atom. The Labute approximate surface area is 165 Å². The summed E-state index contributed by atoms with van der Waals surface area (Å²) in [5.74, 6) is -0.423. The van der Waals surface area contributed by atoms with Crippen LogP contribution in [0.4, 0.5) is 13.2 Å². The van der Waals surface area contributed by atoms with Crippen LogP contribution in [0, 0.1) is 13.8 Å². The predicted octanol–water partition coefficient (Wildman–Crippen LogP) is 3.25. The lowest BCUT2D eigenvalue weighted by Gasteiger charge is -2.17. The molecular weight excluding hydrogens is 385 g/mol. The maximum atomic E-state index is 13.5. The van der Waals surface area contributed by atoms with Gasteiger partial charge in [-0.15, -0.1) is 0 Å². The van der Waals surface area contributed by atoms with Crippen LogP contribution >= 0.6 is 0 Å². The van der Waals surface area contributed by atoms with E-state index in [0.717, 1.165) is 42.1 Å². The van der Waals surface area contributed by atoms with Gasteiger partial charge in [0.25, 0.3) is 5.91 Å².